The van der Waals surface area contributed by atoms with Crippen LogP contribution in [-0.4, -0.2) is 69.6 Å². The Labute approximate surface area is 240 Å². The van der Waals surface area contributed by atoms with Gasteiger partial charge in [0.1, 0.15) is 6.04 Å². The number of benzene rings is 2. The predicted octanol–water partition coefficient (Wildman–Crippen LogP) is 4.59. The Balaban J connectivity index is 1.58. The largest absolute Gasteiger partial charge is 0.465 e. The maximum atomic E-state index is 14.7. The van der Waals surface area contributed by atoms with Gasteiger partial charge in [0, 0.05) is 17.5 Å². The molecule has 7 nitrogen and oxygen atoms in total. The summed E-state index contributed by atoms with van der Waals surface area (Å²) in [5.41, 5.74) is 0.721. The first-order valence-corrected chi connectivity index (χ1v) is 15.0. The molecule has 40 heavy (non-hydrogen) atoms. The Kier molecular flexibility index (Phi) is 8.11. The molecular formula is C32H38N2O5S. The summed E-state index contributed by atoms with van der Waals surface area (Å²) in [4.78, 5) is 45.7. The monoisotopic (exact) mass is 562 g/mol. The number of nitrogens with zero attached hydrogens (tertiary/aromatic N) is 2. The van der Waals surface area contributed by atoms with Crippen LogP contribution in [0.5, 0.6) is 0 Å². The molecule has 2 amide bonds. The Morgan fingerprint density at radius 1 is 1.20 bits per heavy atom. The first-order valence-electron chi connectivity index (χ1n) is 14.1. The van der Waals surface area contributed by atoms with Gasteiger partial charge < -0.3 is 19.6 Å². The summed E-state index contributed by atoms with van der Waals surface area (Å²) >= 11 is 1.60. The van der Waals surface area contributed by atoms with Crippen LogP contribution in [0.25, 0.3) is 10.8 Å². The summed E-state index contributed by atoms with van der Waals surface area (Å²) in [6.45, 7) is 11.7. The molecule has 3 aliphatic rings. The van der Waals surface area contributed by atoms with Crippen molar-refractivity contribution in [1.29, 1.82) is 0 Å². The first-order chi connectivity index (χ1) is 19.3. The van der Waals surface area contributed by atoms with Crippen molar-refractivity contribution >= 4 is 46.0 Å². The lowest BCUT2D eigenvalue weighted by molar-refractivity contribution is -0.154. The minimum Gasteiger partial charge on any atom is -0.465 e. The number of anilines is 1. The van der Waals surface area contributed by atoms with Crippen LogP contribution in [0.1, 0.15) is 33.1 Å². The molecule has 3 fully saturated rings. The second-order valence-corrected chi connectivity index (χ2v) is 12.9. The fourth-order valence-corrected chi connectivity index (χ4v) is 9.09. The fraction of sp³-hybridized carbons (Fsp3) is 0.469. The molecule has 2 aromatic carbocycles. The van der Waals surface area contributed by atoms with Gasteiger partial charge in [0.15, 0.2) is 0 Å². The second-order valence-electron chi connectivity index (χ2n) is 11.3. The van der Waals surface area contributed by atoms with Crippen LogP contribution in [0, 0.1) is 17.8 Å². The molecule has 2 aromatic rings. The molecule has 0 aliphatic carbocycles. The number of aliphatic hydroxyl groups is 1. The number of likely N-dealkylation sites (tertiary alicyclic amines) is 1. The SMILES string of the molecule is C=CCCOC(=O)[C@@H]1[C@H]2C(=O)N([C@@H](CO)C(C)C)C(C(=O)N(CC=C)c3ccc4ccccc4c3)C23CC[C@H]1S3. The molecule has 2 unspecified atom stereocenters. The fourth-order valence-electron chi connectivity index (χ4n) is 6.90. The molecule has 6 atom stereocenters. The zero-order valence-corrected chi connectivity index (χ0v) is 24.0. The topological polar surface area (TPSA) is 87.1 Å². The van der Waals surface area contributed by atoms with E-state index in [1.54, 1.807) is 33.7 Å². The summed E-state index contributed by atoms with van der Waals surface area (Å²) in [5, 5.41) is 12.4. The Bertz CT molecular complexity index is 1330. The number of hydrogen-bond donors (Lipinski definition) is 1. The van der Waals surface area contributed by atoms with Gasteiger partial charge in [0.25, 0.3) is 5.91 Å². The van der Waals surface area contributed by atoms with Gasteiger partial charge in [-0.05, 0) is 48.1 Å². The second kappa shape index (κ2) is 11.4. The quantitative estimate of drug-likeness (QED) is 0.245. The van der Waals surface area contributed by atoms with Gasteiger partial charge in [-0.25, -0.2) is 0 Å². The maximum absolute atomic E-state index is 14.7. The van der Waals surface area contributed by atoms with E-state index in [4.69, 9.17) is 4.74 Å². The highest BCUT2D eigenvalue weighted by molar-refractivity contribution is 8.02. The van der Waals surface area contributed by atoms with Crippen molar-refractivity contribution in [2.24, 2.45) is 17.8 Å². The van der Waals surface area contributed by atoms with Crippen molar-refractivity contribution in [1.82, 2.24) is 4.90 Å². The minimum absolute atomic E-state index is 0.0808. The number of amides is 2. The van der Waals surface area contributed by atoms with Crippen molar-refractivity contribution < 1.29 is 24.2 Å². The highest BCUT2D eigenvalue weighted by Crippen LogP contribution is 2.67. The molecule has 3 saturated heterocycles. The summed E-state index contributed by atoms with van der Waals surface area (Å²) in [5.74, 6) is -2.20. The van der Waals surface area contributed by atoms with E-state index in [9.17, 15) is 19.5 Å². The molecule has 3 heterocycles. The van der Waals surface area contributed by atoms with Crippen molar-refractivity contribution in [3.63, 3.8) is 0 Å². The number of thioether (sulfide) groups is 1. The zero-order chi connectivity index (χ0) is 28.6. The molecule has 0 radical (unpaired) electrons. The minimum atomic E-state index is -0.822. The number of hydrogen-bond acceptors (Lipinski definition) is 6. The van der Waals surface area contributed by atoms with Gasteiger partial charge in [0.2, 0.25) is 5.91 Å². The average molecular weight is 563 g/mol. The predicted molar refractivity (Wildman–Crippen MR) is 159 cm³/mol. The number of carbonyl (C=O) groups is 3. The summed E-state index contributed by atoms with van der Waals surface area (Å²) in [6.07, 6.45) is 5.30. The van der Waals surface area contributed by atoms with Gasteiger partial charge in [-0.2, -0.15) is 0 Å². The van der Waals surface area contributed by atoms with Crippen molar-refractivity contribution in [2.75, 3.05) is 24.7 Å². The van der Waals surface area contributed by atoms with Crippen molar-refractivity contribution in [3.8, 4) is 0 Å². The van der Waals surface area contributed by atoms with Gasteiger partial charge in [-0.1, -0.05) is 56.3 Å². The highest BCUT2D eigenvalue weighted by atomic mass is 32.2. The molecule has 3 aliphatic heterocycles. The lowest BCUT2D eigenvalue weighted by Gasteiger charge is -2.40. The Morgan fingerprint density at radius 3 is 2.62 bits per heavy atom. The van der Waals surface area contributed by atoms with E-state index in [0.29, 0.717) is 12.8 Å². The Hall–Kier alpha value is -3.10. The van der Waals surface area contributed by atoms with E-state index in [0.717, 1.165) is 22.9 Å². The summed E-state index contributed by atoms with van der Waals surface area (Å²) in [7, 11) is 0. The third-order valence-electron chi connectivity index (χ3n) is 8.75. The van der Waals surface area contributed by atoms with Crippen LogP contribution in [-0.2, 0) is 19.1 Å². The van der Waals surface area contributed by atoms with Crippen LogP contribution in [0.2, 0.25) is 0 Å². The van der Waals surface area contributed by atoms with E-state index in [-0.39, 0.29) is 48.7 Å². The number of carbonyl (C=O) groups excluding carboxylic acids is 3. The van der Waals surface area contributed by atoms with E-state index < -0.39 is 28.7 Å². The standard InChI is InChI=1S/C32H38N2O5S/c1-5-7-17-39-31(38)26-25-14-15-32(40-25)27(26)29(36)34(24(19-35)20(3)4)28(32)30(37)33(16-6-2)23-13-12-21-10-8-9-11-22(21)18-23/h5-6,8-13,18,20,24-28,35H,1-2,7,14-17,19H2,3-4H3/t24-,25+,26-,27-,28?,32?/m0/s1. The van der Waals surface area contributed by atoms with Crippen LogP contribution in [0.4, 0.5) is 5.69 Å². The Morgan fingerprint density at radius 2 is 1.95 bits per heavy atom. The molecule has 2 bridgehead atoms. The van der Waals surface area contributed by atoms with Gasteiger partial charge in [-0.3, -0.25) is 14.4 Å². The highest BCUT2D eigenvalue weighted by Gasteiger charge is 2.75. The maximum Gasteiger partial charge on any atom is 0.310 e. The van der Waals surface area contributed by atoms with Gasteiger partial charge in [-0.15, -0.1) is 24.9 Å². The van der Waals surface area contributed by atoms with Crippen LogP contribution in [0.3, 0.4) is 0 Å². The molecule has 0 aromatic heterocycles. The smallest absolute Gasteiger partial charge is 0.310 e. The van der Waals surface area contributed by atoms with E-state index in [2.05, 4.69) is 13.2 Å². The number of fused-ring (bicyclic) bond motifs is 2. The van der Waals surface area contributed by atoms with Gasteiger partial charge in [0.05, 0.1) is 35.8 Å². The third kappa shape index (κ3) is 4.55. The molecule has 0 saturated carbocycles. The van der Waals surface area contributed by atoms with Crippen LogP contribution in [0.15, 0.2) is 67.8 Å². The number of ether oxygens (including phenoxy) is 1. The van der Waals surface area contributed by atoms with Crippen LogP contribution >= 0.6 is 11.8 Å². The number of aliphatic hydroxyl groups excluding tert-OH is 1. The average Bonchev–Trinajstić information content (AvgIpc) is 3.59. The molecule has 8 heteroatoms. The molecule has 1 N–H and O–H groups in total. The summed E-state index contributed by atoms with van der Waals surface area (Å²) < 4.78 is 4.82. The number of rotatable bonds is 11. The van der Waals surface area contributed by atoms with E-state index in [1.165, 1.54) is 0 Å². The van der Waals surface area contributed by atoms with E-state index >= 15 is 0 Å². The van der Waals surface area contributed by atoms with E-state index in [1.807, 2.05) is 56.3 Å². The molecular weight excluding hydrogens is 524 g/mol. The number of esters is 1. The zero-order valence-electron chi connectivity index (χ0n) is 23.2. The van der Waals surface area contributed by atoms with Gasteiger partial charge >= 0.3 is 5.97 Å². The lowest BCUT2D eigenvalue weighted by atomic mass is 9.71. The third-order valence-corrected chi connectivity index (χ3v) is 10.7. The molecule has 212 valence electrons. The lowest BCUT2D eigenvalue weighted by Crippen LogP contribution is -2.58. The van der Waals surface area contributed by atoms with Crippen LogP contribution < -0.4 is 4.90 Å². The molecule has 1 spiro atoms. The summed E-state index contributed by atoms with van der Waals surface area (Å²) in [6, 6.07) is 12.5. The molecule has 5 rings (SSSR count). The van der Waals surface area contributed by atoms with Crippen molar-refractivity contribution in [2.45, 2.75) is 55.2 Å². The first kappa shape index (κ1) is 28.4. The normalized spacial score (nSPS) is 27.6. The van der Waals surface area contributed by atoms with Crippen molar-refractivity contribution in [3.05, 3.63) is 67.8 Å².